The third kappa shape index (κ3) is 2.45. The van der Waals surface area contributed by atoms with Crippen LogP contribution in [0.5, 0.6) is 0 Å². The SMILES string of the molecule is CC(C)Cc1ccc(C2CCCc3c2noc3N)cc1. The number of nitrogens with two attached hydrogens (primary N) is 1. The average molecular weight is 270 g/mol. The van der Waals surface area contributed by atoms with Crippen molar-refractivity contribution in [3.63, 3.8) is 0 Å². The summed E-state index contributed by atoms with van der Waals surface area (Å²) in [5, 5.41) is 4.18. The van der Waals surface area contributed by atoms with Gasteiger partial charge in [-0.25, -0.2) is 0 Å². The van der Waals surface area contributed by atoms with Gasteiger partial charge in [0.15, 0.2) is 0 Å². The zero-order valence-corrected chi connectivity index (χ0v) is 12.2. The fourth-order valence-electron chi connectivity index (χ4n) is 3.16. The second kappa shape index (κ2) is 5.31. The highest BCUT2D eigenvalue weighted by atomic mass is 16.5. The van der Waals surface area contributed by atoms with E-state index in [1.807, 2.05) is 0 Å². The summed E-state index contributed by atoms with van der Waals surface area (Å²) >= 11 is 0. The van der Waals surface area contributed by atoms with Crippen molar-refractivity contribution < 1.29 is 4.52 Å². The van der Waals surface area contributed by atoms with Gasteiger partial charge in [0.25, 0.3) is 0 Å². The van der Waals surface area contributed by atoms with Gasteiger partial charge in [-0.2, -0.15) is 0 Å². The van der Waals surface area contributed by atoms with Crippen molar-refractivity contribution in [1.82, 2.24) is 5.16 Å². The standard InChI is InChI=1S/C17H22N2O/c1-11(2)10-12-6-8-13(9-7-12)14-4-3-5-15-16(14)19-20-17(15)18/h6-9,11,14H,3-5,10,18H2,1-2H3. The lowest BCUT2D eigenvalue weighted by atomic mass is 9.82. The highest BCUT2D eigenvalue weighted by molar-refractivity contribution is 5.45. The molecule has 0 amide bonds. The van der Waals surface area contributed by atoms with E-state index in [2.05, 4.69) is 43.3 Å². The Bertz CT molecular complexity index is 584. The Labute approximate surface area is 120 Å². The molecular weight excluding hydrogens is 248 g/mol. The van der Waals surface area contributed by atoms with Crippen LogP contribution in [0.15, 0.2) is 28.8 Å². The second-order valence-electron chi connectivity index (χ2n) is 6.19. The van der Waals surface area contributed by atoms with Crippen LogP contribution in [0, 0.1) is 5.92 Å². The first-order chi connectivity index (χ1) is 9.65. The van der Waals surface area contributed by atoms with Crippen LogP contribution >= 0.6 is 0 Å². The number of hydrogen-bond acceptors (Lipinski definition) is 3. The predicted octanol–water partition coefficient (Wildman–Crippen LogP) is 3.92. The number of anilines is 1. The van der Waals surface area contributed by atoms with Gasteiger partial charge < -0.3 is 10.3 Å². The largest absolute Gasteiger partial charge is 0.367 e. The van der Waals surface area contributed by atoms with Crippen LogP contribution in [0.1, 0.15) is 55.0 Å². The molecule has 1 aliphatic carbocycles. The molecule has 0 fully saturated rings. The van der Waals surface area contributed by atoms with E-state index in [4.69, 9.17) is 10.3 Å². The Balaban J connectivity index is 1.87. The molecule has 1 atom stereocenters. The molecule has 3 rings (SSSR count). The van der Waals surface area contributed by atoms with Crippen molar-refractivity contribution in [2.24, 2.45) is 5.92 Å². The van der Waals surface area contributed by atoms with Crippen LogP contribution in [0.25, 0.3) is 0 Å². The molecule has 1 unspecified atom stereocenters. The maximum absolute atomic E-state index is 5.85. The third-order valence-electron chi connectivity index (χ3n) is 4.12. The first-order valence-corrected chi connectivity index (χ1v) is 7.48. The maximum atomic E-state index is 5.85. The van der Waals surface area contributed by atoms with E-state index < -0.39 is 0 Å². The van der Waals surface area contributed by atoms with Gasteiger partial charge in [0.05, 0.1) is 5.69 Å². The number of nitrogens with zero attached hydrogens (tertiary/aromatic N) is 1. The van der Waals surface area contributed by atoms with E-state index in [0.717, 1.165) is 36.9 Å². The third-order valence-corrected chi connectivity index (χ3v) is 4.12. The monoisotopic (exact) mass is 270 g/mol. The molecule has 1 aliphatic rings. The van der Waals surface area contributed by atoms with E-state index >= 15 is 0 Å². The lowest BCUT2D eigenvalue weighted by molar-refractivity contribution is 0.422. The van der Waals surface area contributed by atoms with Gasteiger partial charge in [-0.1, -0.05) is 43.3 Å². The minimum Gasteiger partial charge on any atom is -0.367 e. The Morgan fingerprint density at radius 3 is 2.75 bits per heavy atom. The zero-order chi connectivity index (χ0) is 14.1. The molecule has 2 N–H and O–H groups in total. The van der Waals surface area contributed by atoms with Crippen molar-refractivity contribution in [2.75, 3.05) is 5.73 Å². The van der Waals surface area contributed by atoms with Crippen molar-refractivity contribution in [3.8, 4) is 0 Å². The molecule has 0 bridgehead atoms. The number of nitrogen functional groups attached to an aromatic ring is 1. The normalized spacial score (nSPS) is 18.2. The van der Waals surface area contributed by atoms with Crippen molar-refractivity contribution >= 4 is 5.88 Å². The number of benzene rings is 1. The molecule has 0 aliphatic heterocycles. The maximum Gasteiger partial charge on any atom is 0.225 e. The molecule has 0 saturated heterocycles. The molecule has 106 valence electrons. The number of hydrogen-bond donors (Lipinski definition) is 1. The van der Waals surface area contributed by atoms with E-state index in [1.165, 1.54) is 11.1 Å². The molecule has 3 nitrogen and oxygen atoms in total. The van der Waals surface area contributed by atoms with Gasteiger partial charge >= 0.3 is 0 Å². The summed E-state index contributed by atoms with van der Waals surface area (Å²) in [5.74, 6) is 1.53. The molecule has 1 aromatic carbocycles. The highest BCUT2D eigenvalue weighted by Crippen LogP contribution is 2.38. The van der Waals surface area contributed by atoms with Gasteiger partial charge in [-0.3, -0.25) is 0 Å². The fourth-order valence-corrected chi connectivity index (χ4v) is 3.16. The molecular formula is C17H22N2O. The molecule has 0 spiro atoms. The Morgan fingerprint density at radius 2 is 2.05 bits per heavy atom. The fraction of sp³-hybridized carbons (Fsp3) is 0.471. The number of rotatable bonds is 3. The molecule has 0 radical (unpaired) electrons. The summed E-state index contributed by atoms with van der Waals surface area (Å²) in [7, 11) is 0. The molecule has 0 saturated carbocycles. The van der Waals surface area contributed by atoms with Crippen molar-refractivity contribution in [2.45, 2.75) is 45.4 Å². The summed E-state index contributed by atoms with van der Waals surface area (Å²) in [6.45, 7) is 4.50. The van der Waals surface area contributed by atoms with Crippen molar-refractivity contribution in [1.29, 1.82) is 0 Å². The molecule has 1 heterocycles. The van der Waals surface area contributed by atoms with Gasteiger partial charge in [-0.05, 0) is 42.7 Å². The first kappa shape index (κ1) is 13.2. The summed E-state index contributed by atoms with van der Waals surface area (Å²) in [6.07, 6.45) is 4.40. The molecule has 3 heteroatoms. The zero-order valence-electron chi connectivity index (χ0n) is 12.2. The van der Waals surface area contributed by atoms with Crippen LogP contribution in [-0.4, -0.2) is 5.16 Å². The van der Waals surface area contributed by atoms with Gasteiger partial charge in [-0.15, -0.1) is 0 Å². The predicted molar refractivity (Wildman–Crippen MR) is 80.7 cm³/mol. The summed E-state index contributed by atoms with van der Waals surface area (Å²) < 4.78 is 5.17. The van der Waals surface area contributed by atoms with Gasteiger partial charge in [0.1, 0.15) is 0 Å². The van der Waals surface area contributed by atoms with Crippen LogP contribution in [-0.2, 0) is 12.8 Å². The first-order valence-electron chi connectivity index (χ1n) is 7.48. The summed E-state index contributed by atoms with van der Waals surface area (Å²) in [5.41, 5.74) is 10.7. The van der Waals surface area contributed by atoms with Gasteiger partial charge in [0, 0.05) is 11.5 Å². The smallest absolute Gasteiger partial charge is 0.225 e. The average Bonchev–Trinajstić information content (AvgIpc) is 2.81. The van der Waals surface area contributed by atoms with Crippen molar-refractivity contribution in [3.05, 3.63) is 46.6 Å². The molecule has 20 heavy (non-hydrogen) atoms. The van der Waals surface area contributed by atoms with Gasteiger partial charge in [0.2, 0.25) is 5.88 Å². The van der Waals surface area contributed by atoms with E-state index in [1.54, 1.807) is 0 Å². The minimum absolute atomic E-state index is 0.341. The highest BCUT2D eigenvalue weighted by Gasteiger charge is 2.27. The second-order valence-corrected chi connectivity index (χ2v) is 6.19. The van der Waals surface area contributed by atoms with E-state index in [0.29, 0.717) is 17.7 Å². The van der Waals surface area contributed by atoms with E-state index in [-0.39, 0.29) is 0 Å². The molecule has 2 aromatic rings. The Morgan fingerprint density at radius 1 is 1.30 bits per heavy atom. The van der Waals surface area contributed by atoms with Crippen LogP contribution in [0.2, 0.25) is 0 Å². The summed E-state index contributed by atoms with van der Waals surface area (Å²) in [4.78, 5) is 0. The Hall–Kier alpha value is -1.77. The number of fused-ring (bicyclic) bond motifs is 1. The quantitative estimate of drug-likeness (QED) is 0.919. The lowest BCUT2D eigenvalue weighted by Gasteiger charge is -2.21. The van der Waals surface area contributed by atoms with Crippen LogP contribution < -0.4 is 5.73 Å². The Kier molecular flexibility index (Phi) is 3.51. The molecule has 1 aromatic heterocycles. The lowest BCUT2D eigenvalue weighted by Crippen LogP contribution is -2.11. The summed E-state index contributed by atoms with van der Waals surface area (Å²) in [6, 6.07) is 8.96. The van der Waals surface area contributed by atoms with Crippen LogP contribution in [0.4, 0.5) is 5.88 Å². The van der Waals surface area contributed by atoms with Crippen LogP contribution in [0.3, 0.4) is 0 Å². The number of aromatic nitrogens is 1. The van der Waals surface area contributed by atoms with E-state index in [9.17, 15) is 0 Å². The topological polar surface area (TPSA) is 52.0 Å². The minimum atomic E-state index is 0.341.